The lowest BCUT2D eigenvalue weighted by atomic mass is 10.1. The molecule has 1 amide bonds. The molecule has 0 aromatic heterocycles. The lowest BCUT2D eigenvalue weighted by Gasteiger charge is -2.27. The summed E-state index contributed by atoms with van der Waals surface area (Å²) >= 11 is 0. The van der Waals surface area contributed by atoms with Crippen molar-refractivity contribution in [1.82, 2.24) is 5.32 Å². The molecule has 1 fully saturated rings. The first-order valence-electron chi connectivity index (χ1n) is 3.75. The van der Waals surface area contributed by atoms with Crippen LogP contribution in [0.1, 0.15) is 6.42 Å². The van der Waals surface area contributed by atoms with Crippen molar-refractivity contribution < 1.29 is 13.9 Å². The van der Waals surface area contributed by atoms with Crippen LogP contribution in [0.3, 0.4) is 0 Å². The zero-order chi connectivity index (χ0) is 8.55. The van der Waals surface area contributed by atoms with E-state index in [4.69, 9.17) is 4.74 Å². The van der Waals surface area contributed by atoms with E-state index in [-0.39, 0.29) is 24.4 Å². The van der Waals surface area contributed by atoms with Gasteiger partial charge in [-0.2, -0.15) is 0 Å². The second kappa shape index (κ2) is 2.62. The first kappa shape index (κ1) is 7.34. The third kappa shape index (κ3) is 1.20. The molecule has 0 saturated carbocycles. The minimum absolute atomic E-state index is 0.00435. The van der Waals surface area contributed by atoms with Crippen molar-refractivity contribution in [2.24, 2.45) is 0 Å². The summed E-state index contributed by atoms with van der Waals surface area (Å²) in [4.78, 5) is 10.8. The maximum Gasteiger partial charge on any atom is 0.258 e. The van der Waals surface area contributed by atoms with Gasteiger partial charge >= 0.3 is 0 Å². The lowest BCUT2D eigenvalue weighted by molar-refractivity contribution is -0.128. The highest BCUT2D eigenvalue weighted by Crippen LogP contribution is 2.21. The number of carbonyl (C=O) groups is 1. The molecule has 3 nitrogen and oxygen atoms in total. The Balaban J connectivity index is 2.18. The van der Waals surface area contributed by atoms with Gasteiger partial charge in [-0.05, 0) is 12.5 Å². The van der Waals surface area contributed by atoms with E-state index in [9.17, 15) is 9.18 Å². The van der Waals surface area contributed by atoms with Crippen molar-refractivity contribution in [1.29, 1.82) is 0 Å². The fourth-order valence-electron chi connectivity index (χ4n) is 1.30. The molecule has 0 spiro atoms. The predicted molar refractivity (Wildman–Crippen MR) is 39.8 cm³/mol. The quantitative estimate of drug-likeness (QED) is 0.578. The van der Waals surface area contributed by atoms with E-state index in [2.05, 4.69) is 5.32 Å². The summed E-state index contributed by atoms with van der Waals surface area (Å²) < 4.78 is 17.7. The second-order valence-corrected chi connectivity index (χ2v) is 2.78. The van der Waals surface area contributed by atoms with E-state index < -0.39 is 0 Å². The summed E-state index contributed by atoms with van der Waals surface area (Å²) in [5, 5.41) is 2.70. The van der Waals surface area contributed by atoms with Crippen molar-refractivity contribution in [3.05, 3.63) is 23.7 Å². The summed E-state index contributed by atoms with van der Waals surface area (Å²) in [5.41, 5.74) is 0. The molecule has 1 atom stereocenters. The van der Waals surface area contributed by atoms with E-state index in [0.717, 1.165) is 0 Å². The molecule has 2 rings (SSSR count). The molecule has 64 valence electrons. The van der Waals surface area contributed by atoms with Gasteiger partial charge in [0.25, 0.3) is 5.91 Å². The number of allylic oxidation sites excluding steroid dienone is 2. The van der Waals surface area contributed by atoms with Crippen molar-refractivity contribution in [2.45, 2.75) is 12.5 Å². The predicted octanol–water partition coefficient (Wildman–Crippen LogP) is 0.642. The van der Waals surface area contributed by atoms with Crippen LogP contribution in [-0.2, 0) is 9.53 Å². The van der Waals surface area contributed by atoms with Crippen LogP contribution in [0.5, 0.6) is 0 Å². The average Bonchev–Trinajstić information content (AvgIpc) is 2.05. The summed E-state index contributed by atoms with van der Waals surface area (Å²) in [6.07, 6.45) is 3.22. The first-order valence-corrected chi connectivity index (χ1v) is 3.75. The molecule has 1 heterocycles. The van der Waals surface area contributed by atoms with E-state index in [0.29, 0.717) is 12.2 Å². The van der Waals surface area contributed by atoms with Gasteiger partial charge in [0, 0.05) is 6.08 Å². The molecular weight excluding hydrogens is 161 g/mol. The third-order valence-corrected chi connectivity index (χ3v) is 1.88. The highest BCUT2D eigenvalue weighted by Gasteiger charge is 2.26. The van der Waals surface area contributed by atoms with Crippen LogP contribution in [0.25, 0.3) is 0 Å². The number of nitrogens with one attached hydrogen (secondary N) is 1. The SMILES string of the molecule is O=C1COC2=CC(F)=CCC2N1. The van der Waals surface area contributed by atoms with Gasteiger partial charge in [0.2, 0.25) is 0 Å². The van der Waals surface area contributed by atoms with Gasteiger partial charge in [-0.1, -0.05) is 0 Å². The first-order chi connectivity index (χ1) is 5.75. The number of hydrogen-bond acceptors (Lipinski definition) is 2. The van der Waals surface area contributed by atoms with Crippen molar-refractivity contribution in [3.8, 4) is 0 Å². The Morgan fingerprint density at radius 2 is 2.50 bits per heavy atom. The molecule has 12 heavy (non-hydrogen) atoms. The monoisotopic (exact) mass is 169 g/mol. The molecule has 1 aliphatic heterocycles. The van der Waals surface area contributed by atoms with Crippen LogP contribution >= 0.6 is 0 Å². The van der Waals surface area contributed by atoms with Gasteiger partial charge in [0.15, 0.2) is 6.61 Å². The Kier molecular flexibility index (Phi) is 1.60. The number of fused-ring (bicyclic) bond motifs is 1. The summed E-state index contributed by atoms with van der Waals surface area (Å²) in [5.74, 6) is 0.0832. The van der Waals surface area contributed by atoms with Crippen LogP contribution < -0.4 is 5.32 Å². The van der Waals surface area contributed by atoms with Gasteiger partial charge in [-0.15, -0.1) is 0 Å². The highest BCUT2D eigenvalue weighted by molar-refractivity contribution is 5.79. The molecule has 1 aliphatic carbocycles. The number of carbonyl (C=O) groups excluding carboxylic acids is 1. The van der Waals surface area contributed by atoms with Crippen LogP contribution in [0.4, 0.5) is 4.39 Å². The Morgan fingerprint density at radius 1 is 1.67 bits per heavy atom. The molecule has 1 unspecified atom stereocenters. The van der Waals surface area contributed by atoms with Crippen LogP contribution in [0.15, 0.2) is 23.7 Å². The van der Waals surface area contributed by atoms with E-state index in [1.54, 1.807) is 0 Å². The van der Waals surface area contributed by atoms with Gasteiger partial charge in [-0.3, -0.25) is 4.79 Å². The zero-order valence-corrected chi connectivity index (χ0v) is 6.34. The topological polar surface area (TPSA) is 38.3 Å². The maximum absolute atomic E-state index is 12.6. The zero-order valence-electron chi connectivity index (χ0n) is 6.34. The standard InChI is InChI=1S/C8H8FNO2/c9-5-1-2-6-7(3-5)12-4-8(11)10-6/h1,3,6H,2,4H2,(H,10,11). The lowest BCUT2D eigenvalue weighted by Crippen LogP contribution is -2.44. The number of morpholine rings is 1. The van der Waals surface area contributed by atoms with Crippen molar-refractivity contribution >= 4 is 5.91 Å². The minimum atomic E-state index is -0.294. The van der Waals surface area contributed by atoms with Crippen LogP contribution in [0, 0.1) is 0 Å². The van der Waals surface area contributed by atoms with Gasteiger partial charge in [0.1, 0.15) is 11.6 Å². The smallest absolute Gasteiger partial charge is 0.258 e. The largest absolute Gasteiger partial charge is 0.486 e. The molecule has 0 bridgehead atoms. The molecule has 4 heteroatoms. The number of rotatable bonds is 0. The Hall–Kier alpha value is -1.32. The Bertz CT molecular complexity index is 283. The third-order valence-electron chi connectivity index (χ3n) is 1.88. The summed E-state index contributed by atoms with van der Waals surface area (Å²) in [6, 6.07) is -0.161. The van der Waals surface area contributed by atoms with Crippen molar-refractivity contribution in [2.75, 3.05) is 6.61 Å². The second-order valence-electron chi connectivity index (χ2n) is 2.78. The molecular formula is C8H8FNO2. The molecule has 1 saturated heterocycles. The molecule has 2 aliphatic rings. The number of ether oxygens (including phenoxy) is 1. The summed E-state index contributed by atoms with van der Waals surface area (Å²) in [6.45, 7) is -0.00435. The maximum atomic E-state index is 12.6. The average molecular weight is 169 g/mol. The van der Waals surface area contributed by atoms with E-state index in [1.807, 2.05) is 0 Å². The molecule has 0 aromatic rings. The minimum Gasteiger partial charge on any atom is -0.486 e. The number of amides is 1. The fraction of sp³-hybridized carbons (Fsp3) is 0.375. The number of hydrogen-bond donors (Lipinski definition) is 1. The van der Waals surface area contributed by atoms with Gasteiger partial charge in [-0.25, -0.2) is 4.39 Å². The van der Waals surface area contributed by atoms with Crippen molar-refractivity contribution in [3.63, 3.8) is 0 Å². The normalized spacial score (nSPS) is 27.8. The summed E-state index contributed by atoms with van der Waals surface area (Å²) in [7, 11) is 0. The van der Waals surface area contributed by atoms with Crippen LogP contribution in [0.2, 0.25) is 0 Å². The molecule has 0 aromatic carbocycles. The molecule has 1 N–H and O–H groups in total. The van der Waals surface area contributed by atoms with Gasteiger partial charge < -0.3 is 10.1 Å². The van der Waals surface area contributed by atoms with E-state index in [1.165, 1.54) is 12.2 Å². The Morgan fingerprint density at radius 3 is 3.33 bits per heavy atom. The van der Waals surface area contributed by atoms with Crippen LogP contribution in [-0.4, -0.2) is 18.6 Å². The number of halogens is 1. The van der Waals surface area contributed by atoms with E-state index >= 15 is 0 Å². The molecule has 0 radical (unpaired) electrons. The van der Waals surface area contributed by atoms with Gasteiger partial charge in [0.05, 0.1) is 6.04 Å². The Labute approximate surface area is 68.9 Å². The fourth-order valence-corrected chi connectivity index (χ4v) is 1.30. The highest BCUT2D eigenvalue weighted by atomic mass is 19.1.